The minimum Gasteiger partial charge on any atom is -0.444 e. The Kier molecular flexibility index (Phi) is 5.29. The van der Waals surface area contributed by atoms with Gasteiger partial charge in [-0.05, 0) is 51.0 Å². The molecule has 9 heteroatoms. The molecule has 0 saturated heterocycles. The number of aromatic nitrogens is 2. The van der Waals surface area contributed by atoms with Gasteiger partial charge >= 0.3 is 6.09 Å². The van der Waals surface area contributed by atoms with Crippen LogP contribution in [0.2, 0.25) is 0 Å². The largest absolute Gasteiger partial charge is 0.444 e. The van der Waals surface area contributed by atoms with Crippen molar-refractivity contribution in [2.75, 3.05) is 18.1 Å². The molecule has 0 bridgehead atoms. The molecule has 1 N–H and O–H groups in total. The van der Waals surface area contributed by atoms with Crippen LogP contribution >= 0.6 is 0 Å². The molecule has 8 nitrogen and oxygen atoms in total. The summed E-state index contributed by atoms with van der Waals surface area (Å²) in [4.78, 5) is 23.0. The molecular formula is C19H24N4O4S. The molecule has 0 radical (unpaired) electrons. The van der Waals surface area contributed by atoms with E-state index in [1.807, 2.05) is 20.8 Å². The molecule has 0 unspecified atom stereocenters. The second kappa shape index (κ2) is 7.38. The van der Waals surface area contributed by atoms with Gasteiger partial charge in [0, 0.05) is 24.7 Å². The van der Waals surface area contributed by atoms with Crippen molar-refractivity contribution in [3.8, 4) is 0 Å². The van der Waals surface area contributed by atoms with Gasteiger partial charge in [-0.1, -0.05) is 6.07 Å². The predicted octanol–water partition coefficient (Wildman–Crippen LogP) is 2.92. The summed E-state index contributed by atoms with van der Waals surface area (Å²) >= 11 is 0. The van der Waals surface area contributed by atoms with Gasteiger partial charge in [0.1, 0.15) is 5.60 Å². The smallest absolute Gasteiger partial charge is 0.410 e. The zero-order valence-corrected chi connectivity index (χ0v) is 17.2. The number of hydrogen-bond acceptors (Lipinski definition) is 7. The molecule has 0 fully saturated rings. The lowest BCUT2D eigenvalue weighted by atomic mass is 10.1. The molecule has 150 valence electrons. The topological polar surface area (TPSA) is 101 Å². The van der Waals surface area contributed by atoms with Crippen LogP contribution in [0, 0.1) is 0 Å². The molecule has 2 heterocycles. The minimum atomic E-state index is -3.30. The van der Waals surface area contributed by atoms with Crippen LogP contribution in [0.4, 0.5) is 16.4 Å². The number of ether oxygens (including phenoxy) is 1. The van der Waals surface area contributed by atoms with Crippen molar-refractivity contribution < 1.29 is 17.9 Å². The normalized spacial score (nSPS) is 14.4. The summed E-state index contributed by atoms with van der Waals surface area (Å²) in [6, 6.07) is 6.46. The summed E-state index contributed by atoms with van der Waals surface area (Å²) < 4.78 is 28.9. The van der Waals surface area contributed by atoms with Gasteiger partial charge in [-0.15, -0.1) is 0 Å². The van der Waals surface area contributed by atoms with Crippen molar-refractivity contribution in [3.63, 3.8) is 0 Å². The first-order valence-corrected chi connectivity index (χ1v) is 10.8. The monoisotopic (exact) mass is 404 g/mol. The van der Waals surface area contributed by atoms with Crippen molar-refractivity contribution in [2.24, 2.45) is 0 Å². The van der Waals surface area contributed by atoms with E-state index in [2.05, 4.69) is 15.3 Å². The van der Waals surface area contributed by atoms with Gasteiger partial charge in [-0.25, -0.2) is 23.2 Å². The number of rotatable bonds is 3. The van der Waals surface area contributed by atoms with E-state index in [0.29, 0.717) is 31.1 Å². The maximum atomic E-state index is 12.3. The first-order valence-electron chi connectivity index (χ1n) is 8.91. The number of carbonyl (C=O) groups excluding carboxylic acids is 1. The van der Waals surface area contributed by atoms with Gasteiger partial charge in [0.25, 0.3) is 0 Å². The van der Waals surface area contributed by atoms with Gasteiger partial charge in [-0.2, -0.15) is 0 Å². The maximum absolute atomic E-state index is 12.3. The van der Waals surface area contributed by atoms with Crippen LogP contribution in [0.3, 0.4) is 0 Å². The Morgan fingerprint density at radius 3 is 2.71 bits per heavy atom. The fourth-order valence-electron chi connectivity index (χ4n) is 2.78. The van der Waals surface area contributed by atoms with Crippen molar-refractivity contribution in [2.45, 2.75) is 44.2 Å². The molecule has 0 aliphatic carbocycles. The van der Waals surface area contributed by atoms with Gasteiger partial charge < -0.3 is 15.0 Å². The molecule has 1 aliphatic rings. The Hall–Kier alpha value is -2.68. The lowest BCUT2D eigenvalue weighted by Crippen LogP contribution is -2.40. The van der Waals surface area contributed by atoms with Crippen LogP contribution in [0.5, 0.6) is 0 Å². The summed E-state index contributed by atoms with van der Waals surface area (Å²) in [7, 11) is -3.30. The number of hydrogen-bond donors (Lipinski definition) is 1. The number of fused-ring (bicyclic) bond motifs is 1. The Morgan fingerprint density at radius 2 is 2.04 bits per heavy atom. The third-order valence-electron chi connectivity index (χ3n) is 4.12. The number of nitrogens with zero attached hydrogens (tertiary/aromatic N) is 3. The van der Waals surface area contributed by atoms with E-state index < -0.39 is 15.4 Å². The summed E-state index contributed by atoms with van der Waals surface area (Å²) in [5, 5.41) is 3.03. The molecule has 28 heavy (non-hydrogen) atoms. The Labute approximate surface area is 164 Å². The third-order valence-corrected chi connectivity index (χ3v) is 5.23. The number of anilines is 2. The van der Waals surface area contributed by atoms with E-state index in [-0.39, 0.29) is 11.0 Å². The average molecular weight is 404 g/mol. The number of benzene rings is 1. The van der Waals surface area contributed by atoms with Gasteiger partial charge in [-0.3, -0.25) is 0 Å². The standard InChI is InChI=1S/C19H24N4O4S/c1-19(2,3)27-18(24)23-9-8-13-11-20-17(22-16(13)12-23)21-14-6-5-7-15(10-14)28(4,25)26/h5-7,10-11H,8-9,12H2,1-4H3,(H,20,21,22). The summed E-state index contributed by atoms with van der Waals surface area (Å²) in [6.45, 7) is 6.38. The molecule has 3 rings (SSSR count). The molecule has 0 saturated carbocycles. The minimum absolute atomic E-state index is 0.214. The van der Waals surface area contributed by atoms with E-state index in [1.54, 1.807) is 23.2 Å². The highest BCUT2D eigenvalue weighted by atomic mass is 32.2. The van der Waals surface area contributed by atoms with Gasteiger partial charge in [0.2, 0.25) is 5.95 Å². The fourth-order valence-corrected chi connectivity index (χ4v) is 3.45. The van der Waals surface area contributed by atoms with Crippen LogP contribution in [0.1, 0.15) is 32.0 Å². The third kappa shape index (κ3) is 4.98. The molecule has 1 aromatic carbocycles. The number of carbonyl (C=O) groups is 1. The molecule has 0 spiro atoms. The SMILES string of the molecule is CC(C)(C)OC(=O)N1CCc2cnc(Nc3cccc(S(C)(=O)=O)c3)nc2C1. The number of amides is 1. The van der Waals surface area contributed by atoms with E-state index in [0.717, 1.165) is 17.5 Å². The predicted molar refractivity (Wildman–Crippen MR) is 105 cm³/mol. The van der Waals surface area contributed by atoms with Crippen LogP contribution < -0.4 is 5.32 Å². The van der Waals surface area contributed by atoms with Gasteiger partial charge in [0.05, 0.1) is 17.1 Å². The Bertz CT molecular complexity index is 999. The van der Waals surface area contributed by atoms with Crippen molar-refractivity contribution in [1.82, 2.24) is 14.9 Å². The first-order chi connectivity index (χ1) is 13.0. The molecular weight excluding hydrogens is 380 g/mol. The molecule has 1 aliphatic heterocycles. The van der Waals surface area contributed by atoms with E-state index in [4.69, 9.17) is 4.74 Å². The second-order valence-corrected chi connectivity index (χ2v) is 9.76. The summed E-state index contributed by atoms with van der Waals surface area (Å²) in [6.07, 6.45) is 3.18. The number of sulfone groups is 1. The highest BCUT2D eigenvalue weighted by Gasteiger charge is 2.26. The first kappa shape index (κ1) is 20.1. The lowest BCUT2D eigenvalue weighted by Gasteiger charge is -2.30. The molecule has 0 atom stereocenters. The molecule has 2 aromatic rings. The lowest BCUT2D eigenvalue weighted by molar-refractivity contribution is 0.0220. The Balaban J connectivity index is 1.77. The van der Waals surface area contributed by atoms with Crippen LogP contribution in [0.15, 0.2) is 35.4 Å². The van der Waals surface area contributed by atoms with E-state index in [1.165, 1.54) is 12.1 Å². The van der Waals surface area contributed by atoms with Crippen molar-refractivity contribution in [3.05, 3.63) is 41.7 Å². The van der Waals surface area contributed by atoms with Crippen LogP contribution in [-0.4, -0.2) is 47.8 Å². The fraction of sp³-hybridized carbons (Fsp3) is 0.421. The summed E-state index contributed by atoms with van der Waals surface area (Å²) in [5.41, 5.74) is 1.74. The zero-order chi connectivity index (χ0) is 20.5. The highest BCUT2D eigenvalue weighted by Crippen LogP contribution is 2.22. The highest BCUT2D eigenvalue weighted by molar-refractivity contribution is 7.90. The average Bonchev–Trinajstić information content (AvgIpc) is 2.59. The second-order valence-electron chi connectivity index (χ2n) is 7.74. The van der Waals surface area contributed by atoms with Crippen molar-refractivity contribution >= 4 is 27.6 Å². The Morgan fingerprint density at radius 1 is 1.29 bits per heavy atom. The quantitative estimate of drug-likeness (QED) is 0.839. The van der Waals surface area contributed by atoms with Gasteiger partial charge in [0.15, 0.2) is 9.84 Å². The zero-order valence-electron chi connectivity index (χ0n) is 16.4. The maximum Gasteiger partial charge on any atom is 0.410 e. The van der Waals surface area contributed by atoms with Crippen LogP contribution in [-0.2, 0) is 27.5 Å². The summed E-state index contributed by atoms with van der Waals surface area (Å²) in [5.74, 6) is 0.343. The van der Waals surface area contributed by atoms with Crippen molar-refractivity contribution in [1.29, 1.82) is 0 Å². The molecule has 1 aromatic heterocycles. The van der Waals surface area contributed by atoms with E-state index in [9.17, 15) is 13.2 Å². The van der Waals surface area contributed by atoms with Crippen LogP contribution in [0.25, 0.3) is 0 Å². The number of nitrogens with one attached hydrogen (secondary N) is 1. The molecule has 1 amide bonds. The van der Waals surface area contributed by atoms with E-state index >= 15 is 0 Å².